The molecule has 0 saturated carbocycles. The zero-order chi connectivity index (χ0) is 28.4. The third-order valence-corrected chi connectivity index (χ3v) is 6.76. The van der Waals surface area contributed by atoms with Crippen molar-refractivity contribution in [3.05, 3.63) is 129 Å². The number of fused-ring (bicyclic) bond motifs is 1. The fourth-order valence-corrected chi connectivity index (χ4v) is 4.52. The second kappa shape index (κ2) is 10.6. The largest absolute Gasteiger partial charge is 0.508 e. The van der Waals surface area contributed by atoms with Crippen LogP contribution in [0.2, 0.25) is 0 Å². The maximum Gasteiger partial charge on any atom is 0.266 e. The van der Waals surface area contributed by atoms with Crippen molar-refractivity contribution in [3.63, 3.8) is 0 Å². The Morgan fingerprint density at radius 1 is 0.825 bits per heavy atom. The molecule has 5 nitrogen and oxygen atoms in total. The summed E-state index contributed by atoms with van der Waals surface area (Å²) in [4.78, 5) is 18.4. The van der Waals surface area contributed by atoms with Gasteiger partial charge in [-0.1, -0.05) is 56.9 Å². The Balaban J connectivity index is 1.56. The molecule has 0 fully saturated rings. The molecule has 0 bridgehead atoms. The molecular formula is C35H30N2O3. The van der Waals surface area contributed by atoms with Crippen molar-refractivity contribution in [2.45, 2.75) is 33.1 Å². The minimum atomic E-state index is -0.203. The summed E-state index contributed by atoms with van der Waals surface area (Å²) in [7, 11) is 0. The molecule has 5 rings (SSSR count). The van der Waals surface area contributed by atoms with Gasteiger partial charge in [-0.3, -0.25) is 9.36 Å². The van der Waals surface area contributed by atoms with Gasteiger partial charge in [-0.05, 0) is 96.3 Å². The Morgan fingerprint density at radius 3 is 2.25 bits per heavy atom. The van der Waals surface area contributed by atoms with Crippen LogP contribution in [0.3, 0.4) is 0 Å². The van der Waals surface area contributed by atoms with E-state index < -0.39 is 0 Å². The van der Waals surface area contributed by atoms with Gasteiger partial charge in [-0.2, -0.15) is 0 Å². The zero-order valence-corrected chi connectivity index (χ0v) is 22.9. The van der Waals surface area contributed by atoms with E-state index in [4.69, 9.17) is 4.98 Å². The van der Waals surface area contributed by atoms with Gasteiger partial charge in [0.25, 0.3) is 5.56 Å². The van der Waals surface area contributed by atoms with Gasteiger partial charge >= 0.3 is 0 Å². The van der Waals surface area contributed by atoms with Gasteiger partial charge in [-0.15, -0.1) is 0 Å². The van der Waals surface area contributed by atoms with Gasteiger partial charge in [0, 0.05) is 16.7 Å². The van der Waals surface area contributed by atoms with Crippen LogP contribution in [-0.4, -0.2) is 19.8 Å². The lowest BCUT2D eigenvalue weighted by Crippen LogP contribution is -2.23. The highest BCUT2D eigenvalue weighted by Crippen LogP contribution is 2.25. The van der Waals surface area contributed by atoms with Crippen LogP contribution in [0.15, 0.2) is 89.7 Å². The maximum atomic E-state index is 13.7. The Morgan fingerprint density at radius 2 is 1.52 bits per heavy atom. The molecule has 0 aliphatic carbocycles. The summed E-state index contributed by atoms with van der Waals surface area (Å²) in [6.45, 7) is 8.50. The molecule has 0 unspecified atom stereocenters. The van der Waals surface area contributed by atoms with Crippen LogP contribution in [0.1, 0.15) is 54.4 Å². The number of nitrogens with zero attached hydrogens (tertiary/aromatic N) is 2. The van der Waals surface area contributed by atoms with Crippen molar-refractivity contribution in [2.24, 2.45) is 0 Å². The number of aromatic nitrogens is 2. The molecule has 198 valence electrons. The number of phenolic OH excluding ortho intramolecular Hbond substituents is 2. The molecular weight excluding hydrogens is 496 g/mol. The van der Waals surface area contributed by atoms with Crippen molar-refractivity contribution in [3.8, 4) is 29.0 Å². The maximum absolute atomic E-state index is 13.7. The van der Waals surface area contributed by atoms with Crippen molar-refractivity contribution in [1.29, 1.82) is 0 Å². The lowest BCUT2D eigenvalue weighted by molar-refractivity contribution is 0.459. The molecule has 0 aliphatic heterocycles. The highest BCUT2D eigenvalue weighted by atomic mass is 16.3. The van der Waals surface area contributed by atoms with Crippen LogP contribution in [0.4, 0.5) is 0 Å². The third kappa shape index (κ3) is 5.52. The van der Waals surface area contributed by atoms with E-state index in [1.165, 1.54) is 23.8 Å². The molecule has 0 aliphatic rings. The summed E-state index contributed by atoms with van der Waals surface area (Å²) in [5, 5.41) is 20.6. The van der Waals surface area contributed by atoms with Crippen LogP contribution in [0.25, 0.3) is 28.7 Å². The molecule has 5 aromatic rings. The van der Waals surface area contributed by atoms with Gasteiger partial charge in [0.2, 0.25) is 0 Å². The van der Waals surface area contributed by atoms with E-state index in [9.17, 15) is 15.0 Å². The Kier molecular flexibility index (Phi) is 7.02. The van der Waals surface area contributed by atoms with Crippen molar-refractivity contribution in [2.75, 3.05) is 0 Å². The number of para-hydroxylation sites is 1. The zero-order valence-electron chi connectivity index (χ0n) is 22.9. The lowest BCUT2D eigenvalue weighted by Gasteiger charge is -2.18. The lowest BCUT2D eigenvalue weighted by atomic mass is 9.87. The normalized spacial score (nSPS) is 11.5. The topological polar surface area (TPSA) is 75.3 Å². The van der Waals surface area contributed by atoms with Crippen molar-refractivity contribution >= 4 is 23.1 Å². The van der Waals surface area contributed by atoms with E-state index >= 15 is 0 Å². The summed E-state index contributed by atoms with van der Waals surface area (Å²) in [6.07, 6.45) is 3.29. The fourth-order valence-electron chi connectivity index (χ4n) is 4.52. The first kappa shape index (κ1) is 26.5. The average Bonchev–Trinajstić information content (AvgIpc) is 2.93. The van der Waals surface area contributed by atoms with Crippen LogP contribution < -0.4 is 5.56 Å². The highest BCUT2D eigenvalue weighted by molar-refractivity contribution is 5.80. The fraction of sp³-hybridized carbons (Fsp3) is 0.143. The van der Waals surface area contributed by atoms with E-state index in [1.54, 1.807) is 28.9 Å². The number of rotatable bonds is 3. The van der Waals surface area contributed by atoms with Gasteiger partial charge in [0.05, 0.1) is 16.6 Å². The molecule has 40 heavy (non-hydrogen) atoms. The summed E-state index contributed by atoms with van der Waals surface area (Å²) < 4.78 is 1.57. The summed E-state index contributed by atoms with van der Waals surface area (Å²) in [6, 6.07) is 25.5. The Labute approximate surface area is 233 Å². The smallest absolute Gasteiger partial charge is 0.266 e. The number of hydrogen-bond donors (Lipinski definition) is 2. The Bertz CT molecular complexity index is 1880. The molecule has 5 heteroatoms. The van der Waals surface area contributed by atoms with Crippen LogP contribution >= 0.6 is 0 Å². The molecule has 0 saturated heterocycles. The van der Waals surface area contributed by atoms with Crippen LogP contribution in [0.5, 0.6) is 11.5 Å². The quantitative estimate of drug-likeness (QED) is 0.197. The van der Waals surface area contributed by atoms with E-state index in [2.05, 4.69) is 44.7 Å². The number of phenols is 2. The van der Waals surface area contributed by atoms with E-state index in [-0.39, 0.29) is 22.5 Å². The first-order chi connectivity index (χ1) is 19.1. The second-order valence-corrected chi connectivity index (χ2v) is 10.8. The molecule has 1 aromatic heterocycles. The standard InChI is InChI=1S/C35H30N2O3/c1-23-21-25(10-9-24-11-15-27(16-12-24)35(2,3)4)13-18-31(23)37-33(20-14-26-22-28(38)17-19-32(26)39)36-30-8-6-5-7-29(30)34(37)40/h5-8,11-22,38-39H,1-4H3/b20-14+. The molecule has 4 aromatic carbocycles. The van der Waals surface area contributed by atoms with Gasteiger partial charge < -0.3 is 10.2 Å². The van der Waals surface area contributed by atoms with E-state index in [0.29, 0.717) is 28.0 Å². The number of hydrogen-bond acceptors (Lipinski definition) is 4. The summed E-state index contributed by atoms with van der Waals surface area (Å²) >= 11 is 0. The number of aryl methyl sites for hydroxylation is 1. The average molecular weight is 527 g/mol. The van der Waals surface area contributed by atoms with Crippen LogP contribution in [0, 0.1) is 18.8 Å². The van der Waals surface area contributed by atoms with Gasteiger partial charge in [-0.25, -0.2) is 4.98 Å². The SMILES string of the molecule is Cc1cc(C#Cc2ccc(C(C)(C)C)cc2)ccc1-n1c(/C=C/c2cc(O)ccc2O)nc2ccccc2c1=O. The molecule has 1 heterocycles. The van der Waals surface area contributed by atoms with Gasteiger partial charge in [0.1, 0.15) is 17.3 Å². The molecule has 0 radical (unpaired) electrons. The predicted octanol–water partition coefficient (Wildman–Crippen LogP) is 6.97. The van der Waals surface area contributed by atoms with E-state index in [0.717, 1.165) is 16.7 Å². The van der Waals surface area contributed by atoms with Crippen molar-refractivity contribution < 1.29 is 10.2 Å². The minimum absolute atomic E-state index is 0.0101. The predicted molar refractivity (Wildman–Crippen MR) is 162 cm³/mol. The molecule has 0 amide bonds. The first-order valence-corrected chi connectivity index (χ1v) is 13.1. The number of aromatic hydroxyl groups is 2. The molecule has 0 spiro atoms. The van der Waals surface area contributed by atoms with E-state index in [1.807, 2.05) is 49.4 Å². The second-order valence-electron chi connectivity index (χ2n) is 10.8. The third-order valence-electron chi connectivity index (χ3n) is 6.76. The molecule has 0 atom stereocenters. The first-order valence-electron chi connectivity index (χ1n) is 13.1. The summed E-state index contributed by atoms with van der Waals surface area (Å²) in [5.74, 6) is 6.90. The highest BCUT2D eigenvalue weighted by Gasteiger charge is 2.14. The monoisotopic (exact) mass is 526 g/mol. The van der Waals surface area contributed by atoms with Crippen LogP contribution in [-0.2, 0) is 5.41 Å². The van der Waals surface area contributed by atoms with Crippen molar-refractivity contribution in [1.82, 2.24) is 9.55 Å². The minimum Gasteiger partial charge on any atom is -0.508 e. The molecule has 2 N–H and O–H groups in total. The van der Waals surface area contributed by atoms with Gasteiger partial charge in [0.15, 0.2) is 0 Å². The Hall–Kier alpha value is -5.08. The number of benzene rings is 4. The summed E-state index contributed by atoms with van der Waals surface area (Å²) in [5.41, 5.74) is 5.45.